The molecule has 1 atom stereocenters. The number of halogens is 1. The van der Waals surface area contributed by atoms with Crippen LogP contribution < -0.4 is 5.32 Å². The summed E-state index contributed by atoms with van der Waals surface area (Å²) in [5.41, 5.74) is 1.11. The van der Waals surface area contributed by atoms with E-state index < -0.39 is 0 Å². The van der Waals surface area contributed by atoms with Crippen molar-refractivity contribution in [2.24, 2.45) is 0 Å². The molecule has 1 unspecified atom stereocenters. The van der Waals surface area contributed by atoms with Gasteiger partial charge in [-0.2, -0.15) is 0 Å². The summed E-state index contributed by atoms with van der Waals surface area (Å²) >= 11 is 0. The molecule has 0 spiro atoms. The maximum absolute atomic E-state index is 13.1. The van der Waals surface area contributed by atoms with Gasteiger partial charge in [-0.05, 0) is 36.6 Å². The molecule has 1 aromatic rings. The van der Waals surface area contributed by atoms with E-state index in [0.717, 1.165) is 31.5 Å². The minimum atomic E-state index is -0.134. The van der Waals surface area contributed by atoms with Gasteiger partial charge in [-0.25, -0.2) is 4.39 Å². The van der Waals surface area contributed by atoms with Gasteiger partial charge in [-0.15, -0.1) is 0 Å². The zero-order valence-corrected chi connectivity index (χ0v) is 9.59. The van der Waals surface area contributed by atoms with Gasteiger partial charge in [-0.1, -0.05) is 32.4 Å². The predicted molar refractivity (Wildman–Crippen MR) is 62.6 cm³/mol. The largest absolute Gasteiger partial charge is 0.316 e. The van der Waals surface area contributed by atoms with Crippen molar-refractivity contribution < 1.29 is 4.39 Å². The van der Waals surface area contributed by atoms with Crippen LogP contribution in [0.15, 0.2) is 24.3 Å². The van der Waals surface area contributed by atoms with Crippen LogP contribution in [0.25, 0.3) is 0 Å². The molecule has 0 aliphatic rings. The van der Waals surface area contributed by atoms with Crippen molar-refractivity contribution >= 4 is 0 Å². The lowest BCUT2D eigenvalue weighted by atomic mass is 9.94. The van der Waals surface area contributed by atoms with Gasteiger partial charge in [0.2, 0.25) is 0 Å². The third-order valence-corrected chi connectivity index (χ3v) is 2.60. The molecule has 0 fully saturated rings. The van der Waals surface area contributed by atoms with E-state index in [0.29, 0.717) is 5.92 Å². The Hall–Kier alpha value is -0.890. The number of benzene rings is 1. The van der Waals surface area contributed by atoms with E-state index >= 15 is 0 Å². The Bertz CT molecular complexity index is 286. The zero-order valence-electron chi connectivity index (χ0n) is 9.59. The van der Waals surface area contributed by atoms with Gasteiger partial charge in [0.15, 0.2) is 0 Å². The summed E-state index contributed by atoms with van der Waals surface area (Å²) in [6.07, 6.45) is 2.24. The van der Waals surface area contributed by atoms with Gasteiger partial charge >= 0.3 is 0 Å². The van der Waals surface area contributed by atoms with Crippen LogP contribution in [0.1, 0.15) is 38.2 Å². The first-order valence-corrected chi connectivity index (χ1v) is 5.74. The normalized spacial score (nSPS) is 12.7. The van der Waals surface area contributed by atoms with E-state index in [1.807, 2.05) is 6.07 Å². The number of likely N-dealkylation sites (N-methyl/N-ethyl adjacent to an activating group) is 1. The summed E-state index contributed by atoms with van der Waals surface area (Å²) in [5, 5.41) is 3.33. The quantitative estimate of drug-likeness (QED) is 0.758. The average Bonchev–Trinajstić information content (AvgIpc) is 2.24. The van der Waals surface area contributed by atoms with Crippen LogP contribution in [0, 0.1) is 5.82 Å². The first-order chi connectivity index (χ1) is 7.27. The van der Waals surface area contributed by atoms with Crippen molar-refractivity contribution in [3.8, 4) is 0 Å². The molecule has 1 N–H and O–H groups in total. The molecule has 0 amide bonds. The highest BCUT2D eigenvalue weighted by atomic mass is 19.1. The Balaban J connectivity index is 2.69. The number of hydrogen-bond donors (Lipinski definition) is 1. The second-order valence-electron chi connectivity index (χ2n) is 3.85. The molecule has 1 rings (SSSR count). The highest BCUT2D eigenvalue weighted by molar-refractivity contribution is 5.21. The van der Waals surface area contributed by atoms with Crippen molar-refractivity contribution in [3.63, 3.8) is 0 Å². The lowest BCUT2D eigenvalue weighted by Crippen LogP contribution is -2.21. The van der Waals surface area contributed by atoms with E-state index in [1.165, 1.54) is 6.07 Å². The monoisotopic (exact) mass is 209 g/mol. The minimum Gasteiger partial charge on any atom is -0.316 e. The van der Waals surface area contributed by atoms with Gasteiger partial charge < -0.3 is 5.32 Å². The Morgan fingerprint density at radius 3 is 2.73 bits per heavy atom. The van der Waals surface area contributed by atoms with Gasteiger partial charge in [0.05, 0.1) is 0 Å². The number of nitrogens with one attached hydrogen (secondary N) is 1. The fourth-order valence-corrected chi connectivity index (χ4v) is 1.81. The van der Waals surface area contributed by atoms with Crippen molar-refractivity contribution in [1.82, 2.24) is 5.32 Å². The van der Waals surface area contributed by atoms with E-state index in [9.17, 15) is 4.39 Å². The fourth-order valence-electron chi connectivity index (χ4n) is 1.81. The van der Waals surface area contributed by atoms with E-state index in [1.54, 1.807) is 12.1 Å². The highest BCUT2D eigenvalue weighted by Gasteiger charge is 2.10. The molecule has 1 nitrogen and oxygen atoms in total. The lowest BCUT2D eigenvalue weighted by molar-refractivity contribution is 0.549. The molecule has 0 bridgehead atoms. The molecule has 0 heterocycles. The molecule has 0 aliphatic heterocycles. The average molecular weight is 209 g/mol. The fraction of sp³-hybridized carbons (Fsp3) is 0.538. The third-order valence-electron chi connectivity index (χ3n) is 2.60. The lowest BCUT2D eigenvalue weighted by Gasteiger charge is -2.16. The molecule has 84 valence electrons. The van der Waals surface area contributed by atoms with E-state index in [-0.39, 0.29) is 5.82 Å². The van der Waals surface area contributed by atoms with Crippen LogP contribution in [0.2, 0.25) is 0 Å². The molecule has 2 heteroatoms. The zero-order chi connectivity index (χ0) is 11.1. The maximum atomic E-state index is 13.1. The van der Waals surface area contributed by atoms with Crippen LogP contribution in [-0.4, -0.2) is 13.1 Å². The summed E-state index contributed by atoms with van der Waals surface area (Å²) in [5.74, 6) is 0.302. The molecule has 0 aliphatic carbocycles. The van der Waals surface area contributed by atoms with Gasteiger partial charge in [-0.3, -0.25) is 0 Å². The van der Waals surface area contributed by atoms with Crippen molar-refractivity contribution in [2.45, 2.75) is 32.6 Å². The number of hydrogen-bond acceptors (Lipinski definition) is 1. The van der Waals surface area contributed by atoms with E-state index in [4.69, 9.17) is 0 Å². The first kappa shape index (κ1) is 12.2. The van der Waals surface area contributed by atoms with Gasteiger partial charge in [0.1, 0.15) is 5.82 Å². The Kier molecular flexibility index (Phi) is 5.33. The predicted octanol–water partition coefficient (Wildman–Crippen LogP) is 3.32. The smallest absolute Gasteiger partial charge is 0.123 e. The minimum absolute atomic E-state index is 0.134. The van der Waals surface area contributed by atoms with Crippen LogP contribution in [0.5, 0.6) is 0 Å². The summed E-state index contributed by atoms with van der Waals surface area (Å²) < 4.78 is 13.1. The standard InChI is InChI=1S/C13H20FN/c1-3-6-12(10-15-4-2)11-7-5-8-13(14)9-11/h5,7-9,12,15H,3-4,6,10H2,1-2H3. The molecular weight excluding hydrogens is 189 g/mol. The molecule has 0 aromatic heterocycles. The first-order valence-electron chi connectivity index (χ1n) is 5.74. The Morgan fingerprint density at radius 1 is 1.33 bits per heavy atom. The van der Waals surface area contributed by atoms with Crippen LogP contribution in [-0.2, 0) is 0 Å². The molecular formula is C13H20FN. The van der Waals surface area contributed by atoms with Crippen molar-refractivity contribution in [3.05, 3.63) is 35.6 Å². The molecule has 0 radical (unpaired) electrons. The SMILES string of the molecule is CCCC(CNCC)c1cccc(F)c1. The van der Waals surface area contributed by atoms with Crippen LogP contribution >= 0.6 is 0 Å². The maximum Gasteiger partial charge on any atom is 0.123 e. The van der Waals surface area contributed by atoms with Crippen LogP contribution in [0.3, 0.4) is 0 Å². The molecule has 0 saturated heterocycles. The van der Waals surface area contributed by atoms with Gasteiger partial charge in [0.25, 0.3) is 0 Å². The van der Waals surface area contributed by atoms with Crippen molar-refractivity contribution in [2.75, 3.05) is 13.1 Å². The Labute approximate surface area is 91.7 Å². The van der Waals surface area contributed by atoms with Gasteiger partial charge in [0, 0.05) is 6.54 Å². The topological polar surface area (TPSA) is 12.0 Å². The second-order valence-corrected chi connectivity index (χ2v) is 3.85. The second kappa shape index (κ2) is 6.57. The Morgan fingerprint density at radius 2 is 2.13 bits per heavy atom. The third kappa shape index (κ3) is 4.00. The van der Waals surface area contributed by atoms with E-state index in [2.05, 4.69) is 19.2 Å². The summed E-state index contributed by atoms with van der Waals surface area (Å²) in [6, 6.07) is 6.96. The van der Waals surface area contributed by atoms with Crippen molar-refractivity contribution in [1.29, 1.82) is 0 Å². The molecule has 15 heavy (non-hydrogen) atoms. The molecule has 1 aromatic carbocycles. The molecule has 0 saturated carbocycles. The van der Waals surface area contributed by atoms with Crippen LogP contribution in [0.4, 0.5) is 4.39 Å². The summed E-state index contributed by atoms with van der Waals surface area (Å²) in [4.78, 5) is 0. The summed E-state index contributed by atoms with van der Waals surface area (Å²) in [6.45, 7) is 6.16. The summed E-state index contributed by atoms with van der Waals surface area (Å²) in [7, 11) is 0. The number of rotatable bonds is 6. The highest BCUT2D eigenvalue weighted by Crippen LogP contribution is 2.21.